The Hall–Kier alpha value is -4.29. The average molecular weight is 389 g/mol. The number of carbonyl (C=O) groups excluding carboxylic acids is 1. The fraction of sp³-hybridized carbons (Fsp3) is 0. The molecule has 0 radical (unpaired) electrons. The van der Waals surface area contributed by atoms with E-state index in [0.717, 1.165) is 11.1 Å². The van der Waals surface area contributed by atoms with Gasteiger partial charge in [-0.25, -0.2) is 0 Å². The lowest BCUT2D eigenvalue weighted by molar-refractivity contribution is 0.103. The molecule has 0 atom stereocenters. The smallest absolute Gasteiger partial charge is 0.193 e. The topological polar surface area (TPSA) is 52.3 Å². The number of nitrogens with two attached hydrogens (primary N) is 1. The predicted octanol–water partition coefficient (Wildman–Crippen LogP) is 5.69. The van der Waals surface area contributed by atoms with Gasteiger partial charge in [0, 0.05) is 22.3 Å². The van der Waals surface area contributed by atoms with Gasteiger partial charge in [-0.1, -0.05) is 42.2 Å². The molecule has 144 valence electrons. The highest BCUT2D eigenvalue weighted by Gasteiger charge is 2.09. The van der Waals surface area contributed by atoms with Crippen LogP contribution in [0.5, 0.6) is 11.5 Å². The van der Waals surface area contributed by atoms with Crippen molar-refractivity contribution in [3.63, 3.8) is 0 Å². The molecule has 4 aromatic rings. The van der Waals surface area contributed by atoms with Crippen LogP contribution in [0, 0.1) is 11.8 Å². The normalized spacial score (nSPS) is 10.0. The Morgan fingerprint density at radius 3 is 1.80 bits per heavy atom. The monoisotopic (exact) mass is 389 g/mol. The SMILES string of the molecule is Nc1ccccc1Oc1ccc(C(=O)c2ccc(C#Cc3ccccc3)cc2)cc1. The lowest BCUT2D eigenvalue weighted by Gasteiger charge is -2.08. The zero-order chi connectivity index (χ0) is 20.8. The summed E-state index contributed by atoms with van der Waals surface area (Å²) < 4.78 is 5.78. The van der Waals surface area contributed by atoms with E-state index in [9.17, 15) is 4.79 Å². The average Bonchev–Trinajstić information content (AvgIpc) is 2.80. The highest BCUT2D eigenvalue weighted by molar-refractivity contribution is 6.09. The summed E-state index contributed by atoms with van der Waals surface area (Å²) in [6.07, 6.45) is 0. The number of rotatable bonds is 4. The van der Waals surface area contributed by atoms with Crippen molar-refractivity contribution in [1.29, 1.82) is 0 Å². The minimum absolute atomic E-state index is 0.0525. The van der Waals surface area contributed by atoms with E-state index in [1.807, 2.05) is 54.6 Å². The second kappa shape index (κ2) is 8.81. The van der Waals surface area contributed by atoms with Gasteiger partial charge in [0.25, 0.3) is 0 Å². The van der Waals surface area contributed by atoms with Crippen molar-refractivity contribution in [2.75, 3.05) is 5.73 Å². The molecule has 0 saturated heterocycles. The Kier molecular flexibility index (Phi) is 5.59. The fourth-order valence-electron chi connectivity index (χ4n) is 2.91. The maximum atomic E-state index is 12.8. The van der Waals surface area contributed by atoms with Crippen LogP contribution in [0.15, 0.2) is 103 Å². The molecule has 0 aliphatic carbocycles. The van der Waals surface area contributed by atoms with Crippen LogP contribution in [0.4, 0.5) is 5.69 Å². The van der Waals surface area contributed by atoms with Crippen molar-refractivity contribution in [3.05, 3.63) is 125 Å². The first-order valence-corrected chi connectivity index (χ1v) is 9.53. The first-order valence-electron chi connectivity index (χ1n) is 9.53. The molecule has 0 aliphatic heterocycles. The minimum Gasteiger partial charge on any atom is -0.455 e. The maximum absolute atomic E-state index is 12.8. The molecular weight excluding hydrogens is 370 g/mol. The third-order valence-electron chi connectivity index (χ3n) is 4.54. The number of benzene rings is 4. The first kappa shape index (κ1) is 19.0. The van der Waals surface area contributed by atoms with Crippen LogP contribution in [0.3, 0.4) is 0 Å². The molecule has 0 saturated carbocycles. The summed E-state index contributed by atoms with van der Waals surface area (Å²) in [5, 5.41) is 0. The van der Waals surface area contributed by atoms with Gasteiger partial charge in [0.05, 0.1) is 5.69 Å². The number of nitrogen functional groups attached to an aromatic ring is 1. The van der Waals surface area contributed by atoms with Gasteiger partial charge in [-0.2, -0.15) is 0 Å². The van der Waals surface area contributed by atoms with Gasteiger partial charge in [0.15, 0.2) is 5.78 Å². The van der Waals surface area contributed by atoms with Crippen LogP contribution in [-0.4, -0.2) is 5.78 Å². The molecule has 0 aliphatic rings. The molecule has 30 heavy (non-hydrogen) atoms. The van der Waals surface area contributed by atoms with Crippen molar-refractivity contribution >= 4 is 11.5 Å². The van der Waals surface area contributed by atoms with E-state index in [-0.39, 0.29) is 5.78 Å². The third kappa shape index (κ3) is 4.57. The van der Waals surface area contributed by atoms with Crippen LogP contribution in [0.25, 0.3) is 0 Å². The minimum atomic E-state index is -0.0525. The standard InChI is InChI=1S/C27H19NO2/c28-25-8-4-5-9-26(25)30-24-18-16-23(17-19-24)27(29)22-14-12-21(13-15-22)11-10-20-6-2-1-3-7-20/h1-9,12-19H,28H2. The second-order valence-corrected chi connectivity index (χ2v) is 6.69. The van der Waals surface area contributed by atoms with Gasteiger partial charge in [-0.05, 0) is 72.8 Å². The molecule has 0 spiro atoms. The highest BCUT2D eigenvalue weighted by Crippen LogP contribution is 2.27. The number of ether oxygens (including phenoxy) is 1. The Bertz CT molecular complexity index is 1220. The third-order valence-corrected chi connectivity index (χ3v) is 4.54. The number of hydrogen-bond acceptors (Lipinski definition) is 3. The Balaban J connectivity index is 1.45. The van der Waals surface area contributed by atoms with E-state index in [1.54, 1.807) is 48.5 Å². The van der Waals surface area contributed by atoms with E-state index >= 15 is 0 Å². The maximum Gasteiger partial charge on any atom is 0.193 e. The van der Waals surface area contributed by atoms with Crippen molar-refractivity contribution in [2.24, 2.45) is 0 Å². The van der Waals surface area contributed by atoms with Crippen LogP contribution in [-0.2, 0) is 0 Å². The molecule has 0 amide bonds. The summed E-state index contributed by atoms with van der Waals surface area (Å²) >= 11 is 0. The van der Waals surface area contributed by atoms with E-state index in [2.05, 4.69) is 11.8 Å². The fourth-order valence-corrected chi connectivity index (χ4v) is 2.91. The zero-order valence-corrected chi connectivity index (χ0v) is 16.2. The molecule has 3 heteroatoms. The predicted molar refractivity (Wildman–Crippen MR) is 120 cm³/mol. The van der Waals surface area contributed by atoms with Crippen molar-refractivity contribution in [1.82, 2.24) is 0 Å². The molecule has 4 aromatic carbocycles. The van der Waals surface area contributed by atoms with Gasteiger partial charge >= 0.3 is 0 Å². The van der Waals surface area contributed by atoms with Crippen molar-refractivity contribution in [2.45, 2.75) is 0 Å². The molecule has 2 N–H and O–H groups in total. The van der Waals surface area contributed by atoms with Crippen LogP contribution in [0.1, 0.15) is 27.0 Å². The number of ketones is 1. The molecule has 0 bridgehead atoms. The van der Waals surface area contributed by atoms with E-state index < -0.39 is 0 Å². The summed E-state index contributed by atoms with van der Waals surface area (Å²) in [4.78, 5) is 12.8. The molecule has 0 fully saturated rings. The number of hydrogen-bond donors (Lipinski definition) is 1. The zero-order valence-electron chi connectivity index (χ0n) is 16.2. The Labute approximate surface area is 175 Å². The van der Waals surface area contributed by atoms with Gasteiger partial charge in [-0.15, -0.1) is 0 Å². The Morgan fingerprint density at radius 1 is 0.633 bits per heavy atom. The molecule has 0 aromatic heterocycles. The van der Waals surface area contributed by atoms with Gasteiger partial charge in [0.2, 0.25) is 0 Å². The van der Waals surface area contributed by atoms with E-state index in [4.69, 9.17) is 10.5 Å². The molecule has 4 rings (SSSR count). The lowest BCUT2D eigenvalue weighted by atomic mass is 10.0. The molecule has 0 heterocycles. The van der Waals surface area contributed by atoms with Gasteiger partial charge < -0.3 is 10.5 Å². The van der Waals surface area contributed by atoms with E-state index in [0.29, 0.717) is 28.3 Å². The number of carbonyl (C=O) groups is 1. The number of para-hydroxylation sites is 2. The molecular formula is C27H19NO2. The van der Waals surface area contributed by atoms with Gasteiger partial charge in [-0.3, -0.25) is 4.79 Å². The van der Waals surface area contributed by atoms with E-state index in [1.165, 1.54) is 0 Å². The largest absolute Gasteiger partial charge is 0.455 e. The van der Waals surface area contributed by atoms with Crippen molar-refractivity contribution in [3.8, 4) is 23.3 Å². The summed E-state index contributed by atoms with van der Waals surface area (Å²) in [6.45, 7) is 0. The van der Waals surface area contributed by atoms with Gasteiger partial charge in [0.1, 0.15) is 11.5 Å². The lowest BCUT2D eigenvalue weighted by Crippen LogP contribution is -2.01. The number of anilines is 1. The van der Waals surface area contributed by atoms with Crippen LogP contribution in [0.2, 0.25) is 0 Å². The summed E-state index contributed by atoms with van der Waals surface area (Å²) in [5.41, 5.74) is 9.48. The van der Waals surface area contributed by atoms with Crippen LogP contribution < -0.4 is 10.5 Å². The molecule has 0 unspecified atom stereocenters. The summed E-state index contributed by atoms with van der Waals surface area (Å²) in [6, 6.07) is 31.4. The second-order valence-electron chi connectivity index (χ2n) is 6.69. The first-order chi connectivity index (χ1) is 14.7. The Morgan fingerprint density at radius 2 is 1.17 bits per heavy atom. The van der Waals surface area contributed by atoms with Crippen molar-refractivity contribution < 1.29 is 9.53 Å². The quantitative estimate of drug-likeness (QED) is 0.277. The highest BCUT2D eigenvalue weighted by atomic mass is 16.5. The summed E-state index contributed by atoms with van der Waals surface area (Å²) in [7, 11) is 0. The van der Waals surface area contributed by atoms with Crippen LogP contribution >= 0.6 is 0 Å². The summed E-state index contributed by atoms with van der Waals surface area (Å²) in [5.74, 6) is 7.38. The molecule has 3 nitrogen and oxygen atoms in total.